The molecule has 1 heterocycles. The van der Waals surface area contributed by atoms with Crippen LogP contribution in [0.15, 0.2) is 24.3 Å². The van der Waals surface area contributed by atoms with Crippen molar-refractivity contribution in [3.63, 3.8) is 0 Å². The van der Waals surface area contributed by atoms with Gasteiger partial charge in [-0.1, -0.05) is 12.1 Å². The number of rotatable bonds is 3. The number of nitrogens with one attached hydrogen (secondary N) is 1. The van der Waals surface area contributed by atoms with Gasteiger partial charge in [0.15, 0.2) is 0 Å². The highest BCUT2D eigenvalue weighted by Gasteiger charge is 2.25. The van der Waals surface area contributed by atoms with Crippen molar-refractivity contribution in [2.24, 2.45) is 5.92 Å². The Bertz CT molecular complexity index is 476. The SMILES string of the molecule is CC(=O)N1CCC(C(=O)Nc2ccc(CO)cc2)CC1. The lowest BCUT2D eigenvalue weighted by molar-refractivity contribution is -0.132. The summed E-state index contributed by atoms with van der Waals surface area (Å²) in [6.45, 7) is 2.86. The summed E-state index contributed by atoms with van der Waals surface area (Å²) in [5, 5.41) is 11.8. The van der Waals surface area contributed by atoms with Crippen LogP contribution in [0.3, 0.4) is 0 Å². The molecule has 108 valence electrons. The highest BCUT2D eigenvalue weighted by atomic mass is 16.3. The van der Waals surface area contributed by atoms with Gasteiger partial charge >= 0.3 is 0 Å². The highest BCUT2D eigenvalue weighted by Crippen LogP contribution is 2.19. The molecule has 0 unspecified atom stereocenters. The number of amides is 2. The van der Waals surface area contributed by atoms with E-state index in [1.165, 1.54) is 0 Å². The molecule has 2 N–H and O–H groups in total. The van der Waals surface area contributed by atoms with E-state index in [9.17, 15) is 9.59 Å². The summed E-state index contributed by atoms with van der Waals surface area (Å²) in [4.78, 5) is 25.1. The van der Waals surface area contributed by atoms with Crippen LogP contribution in [-0.2, 0) is 16.2 Å². The van der Waals surface area contributed by atoms with Gasteiger partial charge < -0.3 is 15.3 Å². The van der Waals surface area contributed by atoms with Gasteiger partial charge in [-0.25, -0.2) is 0 Å². The first-order valence-electron chi connectivity index (χ1n) is 6.86. The van der Waals surface area contributed by atoms with Crippen LogP contribution in [0.2, 0.25) is 0 Å². The Morgan fingerprint density at radius 1 is 1.25 bits per heavy atom. The Hall–Kier alpha value is -1.88. The number of carbonyl (C=O) groups is 2. The maximum absolute atomic E-state index is 12.1. The number of hydrogen-bond acceptors (Lipinski definition) is 3. The zero-order valence-corrected chi connectivity index (χ0v) is 11.6. The van der Waals surface area contributed by atoms with E-state index in [0.717, 1.165) is 11.3 Å². The Morgan fingerprint density at radius 2 is 1.85 bits per heavy atom. The number of piperidine rings is 1. The Kier molecular flexibility index (Phi) is 4.74. The third-order valence-electron chi connectivity index (χ3n) is 3.72. The molecule has 20 heavy (non-hydrogen) atoms. The Morgan fingerprint density at radius 3 is 2.35 bits per heavy atom. The van der Waals surface area contributed by atoms with Crippen LogP contribution in [0.25, 0.3) is 0 Å². The second kappa shape index (κ2) is 6.52. The van der Waals surface area contributed by atoms with Crippen molar-refractivity contribution in [2.75, 3.05) is 18.4 Å². The van der Waals surface area contributed by atoms with E-state index in [-0.39, 0.29) is 24.3 Å². The van der Waals surface area contributed by atoms with Crippen molar-refractivity contribution in [3.8, 4) is 0 Å². The second-order valence-electron chi connectivity index (χ2n) is 5.12. The summed E-state index contributed by atoms with van der Waals surface area (Å²) >= 11 is 0. The van der Waals surface area contributed by atoms with E-state index >= 15 is 0 Å². The molecule has 0 spiro atoms. The molecule has 0 saturated carbocycles. The van der Waals surface area contributed by atoms with E-state index in [1.54, 1.807) is 36.1 Å². The highest BCUT2D eigenvalue weighted by molar-refractivity contribution is 5.92. The van der Waals surface area contributed by atoms with Crippen LogP contribution in [-0.4, -0.2) is 34.9 Å². The standard InChI is InChI=1S/C15H20N2O3/c1-11(19)17-8-6-13(7-9-17)15(20)16-14-4-2-12(10-18)3-5-14/h2-5,13,18H,6-10H2,1H3,(H,16,20). The first-order chi connectivity index (χ1) is 9.60. The monoisotopic (exact) mass is 276 g/mol. The molecular formula is C15H20N2O3. The average Bonchev–Trinajstić information content (AvgIpc) is 2.48. The molecule has 1 aromatic rings. The average molecular weight is 276 g/mol. The zero-order valence-electron chi connectivity index (χ0n) is 11.6. The molecule has 5 nitrogen and oxygen atoms in total. The summed E-state index contributed by atoms with van der Waals surface area (Å²) in [6, 6.07) is 7.14. The maximum Gasteiger partial charge on any atom is 0.227 e. The summed E-state index contributed by atoms with van der Waals surface area (Å²) in [5.41, 5.74) is 1.55. The molecule has 5 heteroatoms. The van der Waals surface area contributed by atoms with Crippen molar-refractivity contribution in [1.29, 1.82) is 0 Å². The third kappa shape index (κ3) is 3.57. The molecular weight excluding hydrogens is 256 g/mol. The number of likely N-dealkylation sites (tertiary alicyclic amines) is 1. The molecule has 0 radical (unpaired) electrons. The normalized spacial score (nSPS) is 16.0. The molecule has 1 aliphatic heterocycles. The molecule has 1 aliphatic rings. The zero-order chi connectivity index (χ0) is 14.5. The van der Waals surface area contributed by atoms with Crippen molar-refractivity contribution < 1.29 is 14.7 Å². The molecule has 0 aromatic heterocycles. The molecule has 2 amide bonds. The van der Waals surface area contributed by atoms with Crippen molar-refractivity contribution >= 4 is 17.5 Å². The summed E-state index contributed by atoms with van der Waals surface area (Å²) in [6.07, 6.45) is 1.42. The lowest BCUT2D eigenvalue weighted by atomic mass is 9.96. The summed E-state index contributed by atoms with van der Waals surface area (Å²) < 4.78 is 0. The lowest BCUT2D eigenvalue weighted by Gasteiger charge is -2.30. The fourth-order valence-corrected chi connectivity index (χ4v) is 2.39. The van der Waals surface area contributed by atoms with E-state index in [2.05, 4.69) is 5.32 Å². The van der Waals surface area contributed by atoms with Crippen LogP contribution >= 0.6 is 0 Å². The minimum atomic E-state index is -0.0388. The molecule has 1 aromatic carbocycles. The number of anilines is 1. The number of aliphatic hydroxyl groups excluding tert-OH is 1. The molecule has 0 atom stereocenters. The van der Waals surface area contributed by atoms with Crippen LogP contribution < -0.4 is 5.32 Å². The minimum absolute atomic E-state index is 0.00225. The van der Waals surface area contributed by atoms with Crippen molar-refractivity contribution in [2.45, 2.75) is 26.4 Å². The fourth-order valence-electron chi connectivity index (χ4n) is 2.39. The Labute approximate surface area is 118 Å². The molecule has 1 fully saturated rings. The quantitative estimate of drug-likeness (QED) is 0.876. The minimum Gasteiger partial charge on any atom is -0.392 e. The number of nitrogens with zero attached hydrogens (tertiary/aromatic N) is 1. The number of aliphatic hydroxyl groups is 1. The number of carbonyl (C=O) groups excluding carboxylic acids is 2. The predicted molar refractivity (Wildman–Crippen MR) is 76.0 cm³/mol. The first-order valence-corrected chi connectivity index (χ1v) is 6.86. The largest absolute Gasteiger partial charge is 0.392 e. The van der Waals surface area contributed by atoms with Gasteiger partial charge in [-0.05, 0) is 30.5 Å². The van der Waals surface area contributed by atoms with E-state index in [1.807, 2.05) is 0 Å². The van der Waals surface area contributed by atoms with Crippen LogP contribution in [0, 0.1) is 5.92 Å². The topological polar surface area (TPSA) is 69.6 Å². The van der Waals surface area contributed by atoms with Gasteiger partial charge in [0.1, 0.15) is 0 Å². The van der Waals surface area contributed by atoms with Crippen LogP contribution in [0.5, 0.6) is 0 Å². The molecule has 2 rings (SSSR count). The predicted octanol–water partition coefficient (Wildman–Crippen LogP) is 1.38. The van der Waals surface area contributed by atoms with Crippen molar-refractivity contribution in [1.82, 2.24) is 4.90 Å². The number of hydrogen-bond donors (Lipinski definition) is 2. The smallest absolute Gasteiger partial charge is 0.227 e. The van der Waals surface area contributed by atoms with Crippen LogP contribution in [0.4, 0.5) is 5.69 Å². The van der Waals surface area contributed by atoms with E-state index in [4.69, 9.17) is 5.11 Å². The maximum atomic E-state index is 12.1. The molecule has 0 aliphatic carbocycles. The van der Waals surface area contributed by atoms with Crippen molar-refractivity contribution in [3.05, 3.63) is 29.8 Å². The fraction of sp³-hybridized carbons (Fsp3) is 0.467. The molecule has 1 saturated heterocycles. The van der Waals surface area contributed by atoms with Gasteiger partial charge in [0.25, 0.3) is 0 Å². The van der Waals surface area contributed by atoms with Gasteiger partial charge in [0.05, 0.1) is 6.61 Å². The number of benzene rings is 1. The van der Waals surface area contributed by atoms with Gasteiger partial charge in [0.2, 0.25) is 11.8 Å². The lowest BCUT2D eigenvalue weighted by Crippen LogP contribution is -2.40. The first kappa shape index (κ1) is 14.5. The van der Waals surface area contributed by atoms with Gasteiger partial charge in [0, 0.05) is 31.6 Å². The van der Waals surface area contributed by atoms with E-state index < -0.39 is 0 Å². The third-order valence-corrected chi connectivity index (χ3v) is 3.72. The van der Waals surface area contributed by atoms with Crippen LogP contribution in [0.1, 0.15) is 25.3 Å². The molecule has 0 bridgehead atoms. The van der Waals surface area contributed by atoms with Gasteiger partial charge in [-0.2, -0.15) is 0 Å². The van der Waals surface area contributed by atoms with Gasteiger partial charge in [-0.15, -0.1) is 0 Å². The summed E-state index contributed by atoms with van der Waals surface area (Å²) in [7, 11) is 0. The van der Waals surface area contributed by atoms with Gasteiger partial charge in [-0.3, -0.25) is 9.59 Å². The summed E-state index contributed by atoms with van der Waals surface area (Å²) in [5.74, 6) is 0.0384. The van der Waals surface area contributed by atoms with E-state index in [0.29, 0.717) is 25.9 Å². The Balaban J connectivity index is 1.87. The second-order valence-corrected chi connectivity index (χ2v) is 5.12.